The Morgan fingerprint density at radius 1 is 1.11 bits per heavy atom. The van der Waals surface area contributed by atoms with Gasteiger partial charge in [0.05, 0.1) is 36.6 Å². The van der Waals surface area contributed by atoms with Gasteiger partial charge in [-0.3, -0.25) is 4.79 Å². The minimum absolute atomic E-state index is 0.0753. The summed E-state index contributed by atoms with van der Waals surface area (Å²) in [4.78, 5) is 21.9. The molecule has 0 aliphatic heterocycles. The Morgan fingerprint density at radius 3 is 2.65 bits per heavy atom. The zero-order chi connectivity index (χ0) is 26.4. The molecule has 0 fully saturated rings. The fraction of sp³-hybridized carbons (Fsp3) is 0.308. The Morgan fingerprint density at radius 2 is 1.92 bits per heavy atom. The fourth-order valence-corrected chi connectivity index (χ4v) is 4.62. The van der Waals surface area contributed by atoms with Gasteiger partial charge in [0.15, 0.2) is 12.4 Å². The molecular weight excluding hydrogens is 602 g/mol. The lowest BCUT2D eigenvalue weighted by Gasteiger charge is -2.20. The molecule has 37 heavy (non-hydrogen) atoms. The summed E-state index contributed by atoms with van der Waals surface area (Å²) in [6.45, 7) is 8.43. The summed E-state index contributed by atoms with van der Waals surface area (Å²) >= 11 is 2.28. The van der Waals surface area contributed by atoms with Crippen LogP contribution in [0.4, 0.5) is 11.5 Å². The van der Waals surface area contributed by atoms with Crippen LogP contribution in [0.1, 0.15) is 34.1 Å². The van der Waals surface area contributed by atoms with E-state index < -0.39 is 0 Å². The van der Waals surface area contributed by atoms with Crippen LogP contribution in [0.3, 0.4) is 0 Å². The molecule has 1 amide bonds. The summed E-state index contributed by atoms with van der Waals surface area (Å²) in [5.41, 5.74) is 2.06. The van der Waals surface area contributed by atoms with Gasteiger partial charge >= 0.3 is 0 Å². The van der Waals surface area contributed by atoms with Crippen molar-refractivity contribution >= 4 is 56.7 Å². The molecule has 2 N–H and O–H groups in total. The molecule has 2 aromatic heterocycles. The molecule has 1 unspecified atom stereocenters. The predicted molar refractivity (Wildman–Crippen MR) is 157 cm³/mol. The lowest BCUT2D eigenvalue weighted by molar-refractivity contribution is -0.124. The average Bonchev–Trinajstić information content (AvgIpc) is 3.33. The number of fused-ring (bicyclic) bond motifs is 1. The number of ether oxygens (including phenoxy) is 2. The second kappa shape index (κ2) is 12.0. The van der Waals surface area contributed by atoms with Gasteiger partial charge in [0, 0.05) is 16.5 Å². The number of nitrogens with one attached hydrogen (secondary N) is 2. The second-order valence-electron chi connectivity index (χ2n) is 9.42. The Balaban J connectivity index is 1.66. The Kier molecular flexibility index (Phi) is 8.81. The van der Waals surface area contributed by atoms with Crippen molar-refractivity contribution in [3.8, 4) is 22.9 Å². The molecule has 0 bridgehead atoms. The van der Waals surface area contributed by atoms with E-state index in [-0.39, 0.29) is 18.1 Å². The van der Waals surface area contributed by atoms with Crippen molar-refractivity contribution in [1.29, 1.82) is 0 Å². The molecule has 9 nitrogen and oxygen atoms in total. The van der Waals surface area contributed by atoms with Crippen LogP contribution in [0.15, 0.2) is 54.9 Å². The number of nitrogens with zero attached hydrogens (tertiary/aromatic N) is 4. The fourth-order valence-electron chi connectivity index (χ4n) is 3.54. The van der Waals surface area contributed by atoms with E-state index in [1.54, 1.807) is 6.20 Å². The summed E-state index contributed by atoms with van der Waals surface area (Å²) in [5, 5.41) is 11.5. The third-order valence-corrected chi connectivity index (χ3v) is 6.95. The molecule has 4 aromatic rings. The van der Waals surface area contributed by atoms with Crippen LogP contribution in [0.5, 0.6) is 11.5 Å². The number of anilines is 2. The Labute approximate surface area is 231 Å². The summed E-state index contributed by atoms with van der Waals surface area (Å²) in [6.07, 6.45) is 5.13. The van der Waals surface area contributed by atoms with Gasteiger partial charge in [0.2, 0.25) is 0 Å². The molecule has 2 aromatic carbocycles. The molecule has 1 atom stereocenters. The Bertz CT molecular complexity index is 1390. The van der Waals surface area contributed by atoms with Crippen LogP contribution in [-0.4, -0.2) is 44.2 Å². The molecule has 0 aliphatic carbocycles. The molecule has 4 rings (SSSR count). The van der Waals surface area contributed by atoms with Crippen molar-refractivity contribution in [2.45, 2.75) is 39.7 Å². The summed E-state index contributed by atoms with van der Waals surface area (Å²) in [7, 11) is 0. The van der Waals surface area contributed by atoms with E-state index in [0.717, 1.165) is 34.3 Å². The highest BCUT2D eigenvalue weighted by molar-refractivity contribution is 14.2. The standard InChI is InChI=1S/C26H30IN6O3P/c1-5-11-35-20-9-10-22-21(13-20)25(29-18-14-28-33(15-18)37-27)31-24(30-22)17-7-6-8-19(12-17)36-16-23(34)32-26(2,3)4/h6-10,12-15,37H,5,11,16H2,1-4H3,(H,32,34)(H,29,30,31). The third kappa shape index (κ3) is 7.52. The lowest BCUT2D eigenvalue weighted by Crippen LogP contribution is -2.43. The lowest BCUT2D eigenvalue weighted by atomic mass is 10.1. The maximum atomic E-state index is 12.2. The van der Waals surface area contributed by atoms with E-state index in [1.165, 1.54) is 0 Å². The van der Waals surface area contributed by atoms with Crippen LogP contribution in [0, 0.1) is 0 Å². The first-order valence-corrected chi connectivity index (χ1v) is 16.0. The van der Waals surface area contributed by atoms with Gasteiger partial charge in [-0.1, -0.05) is 19.1 Å². The van der Waals surface area contributed by atoms with E-state index >= 15 is 0 Å². The van der Waals surface area contributed by atoms with Gasteiger partial charge in [-0.05, 0) is 79.6 Å². The maximum absolute atomic E-state index is 12.2. The first-order valence-electron chi connectivity index (χ1n) is 11.9. The SMILES string of the molecule is CCCOc1ccc2nc(-c3cccc(OCC(=O)NC(C)(C)C)c3)nc(Nc3cnn(PI)c3)c2c1. The third-order valence-electron chi connectivity index (χ3n) is 5.05. The van der Waals surface area contributed by atoms with Gasteiger partial charge in [0.1, 0.15) is 17.3 Å². The smallest absolute Gasteiger partial charge is 0.258 e. The Hall–Kier alpha value is -2.98. The number of amides is 1. The largest absolute Gasteiger partial charge is 0.494 e. The topological polar surface area (TPSA) is 103 Å². The number of carbonyl (C=O) groups is 1. The van der Waals surface area contributed by atoms with E-state index in [0.29, 0.717) is 30.4 Å². The number of hydrogen-bond acceptors (Lipinski definition) is 7. The molecule has 11 heteroatoms. The molecule has 0 radical (unpaired) electrons. The summed E-state index contributed by atoms with van der Waals surface area (Å²) in [5.74, 6) is 2.33. The minimum atomic E-state index is -0.320. The molecule has 194 valence electrons. The number of benzene rings is 2. The van der Waals surface area contributed by atoms with Crippen molar-refractivity contribution in [2.24, 2.45) is 0 Å². The van der Waals surface area contributed by atoms with Gasteiger partial charge in [-0.2, -0.15) is 5.10 Å². The maximum Gasteiger partial charge on any atom is 0.258 e. The van der Waals surface area contributed by atoms with E-state index in [9.17, 15) is 4.79 Å². The number of carbonyl (C=O) groups excluding carboxylic acids is 1. The van der Waals surface area contributed by atoms with Gasteiger partial charge in [-0.25, -0.2) is 14.4 Å². The minimum Gasteiger partial charge on any atom is -0.494 e. The van der Waals surface area contributed by atoms with Gasteiger partial charge in [-0.15, -0.1) is 0 Å². The summed E-state index contributed by atoms with van der Waals surface area (Å²) in [6, 6.07) is 13.2. The second-order valence-corrected chi connectivity index (χ2v) is 11.5. The van der Waals surface area contributed by atoms with E-state index in [1.807, 2.05) is 73.9 Å². The van der Waals surface area contributed by atoms with Crippen molar-refractivity contribution in [3.05, 3.63) is 54.9 Å². The molecule has 0 aliphatic rings. The highest BCUT2D eigenvalue weighted by Gasteiger charge is 2.15. The quantitative estimate of drug-likeness (QED) is 0.161. The molecule has 0 saturated heterocycles. The highest BCUT2D eigenvalue weighted by atomic mass is 127. The predicted octanol–water partition coefficient (Wildman–Crippen LogP) is 6.11. The zero-order valence-electron chi connectivity index (χ0n) is 21.2. The number of aromatic nitrogens is 4. The molecule has 2 heterocycles. The van der Waals surface area contributed by atoms with Gasteiger partial charge < -0.3 is 20.1 Å². The molecule has 0 spiro atoms. The number of hydrogen-bond donors (Lipinski definition) is 2. The van der Waals surface area contributed by atoms with Crippen LogP contribution >= 0.6 is 28.4 Å². The van der Waals surface area contributed by atoms with Crippen LogP contribution in [-0.2, 0) is 4.79 Å². The zero-order valence-corrected chi connectivity index (χ0v) is 24.4. The van der Waals surface area contributed by atoms with Crippen LogP contribution in [0.25, 0.3) is 22.3 Å². The summed E-state index contributed by atoms with van der Waals surface area (Å²) < 4.78 is 13.5. The first kappa shape index (κ1) is 27.1. The van der Waals surface area contributed by atoms with Crippen LogP contribution in [0.2, 0.25) is 0 Å². The molecule has 0 saturated carbocycles. The first-order chi connectivity index (χ1) is 17.7. The number of halogens is 1. The average molecular weight is 632 g/mol. The van der Waals surface area contributed by atoms with Crippen molar-refractivity contribution in [3.63, 3.8) is 0 Å². The van der Waals surface area contributed by atoms with E-state index in [2.05, 4.69) is 44.7 Å². The van der Waals surface area contributed by atoms with Crippen molar-refractivity contribution < 1.29 is 14.3 Å². The highest BCUT2D eigenvalue weighted by Crippen LogP contribution is 2.32. The van der Waals surface area contributed by atoms with Gasteiger partial charge in [0.25, 0.3) is 5.91 Å². The van der Waals surface area contributed by atoms with E-state index in [4.69, 9.17) is 19.4 Å². The monoisotopic (exact) mass is 632 g/mol. The van der Waals surface area contributed by atoms with Crippen LogP contribution < -0.4 is 20.1 Å². The number of rotatable bonds is 10. The van der Waals surface area contributed by atoms with Crippen molar-refractivity contribution in [1.82, 2.24) is 24.8 Å². The molecular formula is C26H30IN6O3P. The normalized spacial score (nSPS) is 11.7. The van der Waals surface area contributed by atoms with Crippen molar-refractivity contribution in [2.75, 3.05) is 18.5 Å².